The lowest BCUT2D eigenvalue weighted by atomic mass is 10.1. The first-order chi connectivity index (χ1) is 3.98. The number of carbonyl (C=O) groups is 1. The largest absolute Gasteiger partial charge is 0.434 e. The van der Waals surface area contributed by atoms with Gasteiger partial charge in [0.1, 0.15) is 5.54 Å². The third kappa shape index (κ3) is 2.87. The zero-order chi connectivity index (χ0) is 7.49. The smallest absolute Gasteiger partial charge is 0.330 e. The highest BCUT2D eigenvalue weighted by Gasteiger charge is 2.22. The predicted octanol–water partition coefficient (Wildman–Crippen LogP) is 0.410. The van der Waals surface area contributed by atoms with Gasteiger partial charge in [-0.3, -0.25) is 0 Å². The fourth-order valence-electron chi connectivity index (χ4n) is 0.228. The number of hydrogen-bond donors (Lipinski definition) is 1. The van der Waals surface area contributed by atoms with Crippen molar-refractivity contribution in [1.82, 2.24) is 0 Å². The summed E-state index contributed by atoms with van der Waals surface area (Å²) in [6.07, 6.45) is 1.07. The molecule has 0 aromatic carbocycles. The summed E-state index contributed by atoms with van der Waals surface area (Å²) in [7, 11) is 0. The SMILES string of the molecule is C=COC(=O)C(C)(C)N. The van der Waals surface area contributed by atoms with E-state index in [1.54, 1.807) is 13.8 Å². The minimum atomic E-state index is -0.922. The molecule has 9 heavy (non-hydrogen) atoms. The Balaban J connectivity index is 3.88. The maximum absolute atomic E-state index is 10.6. The molecule has 0 radical (unpaired) electrons. The standard InChI is InChI=1S/C6H11NO2/c1-4-9-5(8)6(2,3)7/h4H,1,7H2,2-3H3. The van der Waals surface area contributed by atoms with Gasteiger partial charge in [-0.2, -0.15) is 0 Å². The van der Waals surface area contributed by atoms with Crippen LogP contribution in [0.15, 0.2) is 12.8 Å². The lowest BCUT2D eigenvalue weighted by molar-refractivity contribution is -0.142. The van der Waals surface area contributed by atoms with E-state index in [0.717, 1.165) is 6.26 Å². The summed E-state index contributed by atoms with van der Waals surface area (Å²) in [5.41, 5.74) is 4.42. The van der Waals surface area contributed by atoms with Crippen molar-refractivity contribution in [2.75, 3.05) is 0 Å². The molecule has 0 saturated heterocycles. The molecular formula is C6H11NO2. The summed E-state index contributed by atoms with van der Waals surface area (Å²) in [5.74, 6) is -0.475. The number of esters is 1. The van der Waals surface area contributed by atoms with Crippen molar-refractivity contribution in [3.63, 3.8) is 0 Å². The summed E-state index contributed by atoms with van der Waals surface area (Å²) < 4.78 is 4.41. The molecule has 0 unspecified atom stereocenters. The summed E-state index contributed by atoms with van der Waals surface area (Å²) in [5, 5.41) is 0. The third-order valence-corrected chi connectivity index (χ3v) is 0.716. The van der Waals surface area contributed by atoms with Gasteiger partial charge in [-0.05, 0) is 13.8 Å². The summed E-state index contributed by atoms with van der Waals surface area (Å²) in [4.78, 5) is 10.6. The van der Waals surface area contributed by atoms with Gasteiger partial charge in [0.05, 0.1) is 6.26 Å². The molecule has 0 fully saturated rings. The Labute approximate surface area is 54.5 Å². The van der Waals surface area contributed by atoms with Crippen LogP contribution >= 0.6 is 0 Å². The van der Waals surface area contributed by atoms with E-state index in [-0.39, 0.29) is 0 Å². The molecule has 0 aliphatic heterocycles. The molecule has 0 aliphatic rings. The van der Waals surface area contributed by atoms with E-state index < -0.39 is 11.5 Å². The predicted molar refractivity (Wildman–Crippen MR) is 34.6 cm³/mol. The van der Waals surface area contributed by atoms with E-state index in [1.807, 2.05) is 0 Å². The maximum atomic E-state index is 10.6. The van der Waals surface area contributed by atoms with E-state index in [0.29, 0.717) is 0 Å². The molecule has 0 saturated carbocycles. The van der Waals surface area contributed by atoms with Crippen molar-refractivity contribution in [3.05, 3.63) is 12.8 Å². The van der Waals surface area contributed by atoms with Crippen LogP contribution in [-0.4, -0.2) is 11.5 Å². The molecule has 0 spiro atoms. The topological polar surface area (TPSA) is 52.3 Å². The van der Waals surface area contributed by atoms with Crippen LogP contribution in [-0.2, 0) is 9.53 Å². The van der Waals surface area contributed by atoms with Crippen LogP contribution in [0.5, 0.6) is 0 Å². The quantitative estimate of drug-likeness (QED) is 0.434. The van der Waals surface area contributed by atoms with Gasteiger partial charge in [-0.1, -0.05) is 6.58 Å². The maximum Gasteiger partial charge on any atom is 0.330 e. The second kappa shape index (κ2) is 2.64. The highest BCUT2D eigenvalue weighted by molar-refractivity contribution is 5.79. The van der Waals surface area contributed by atoms with E-state index in [1.165, 1.54) is 0 Å². The van der Waals surface area contributed by atoms with Crippen molar-refractivity contribution in [2.45, 2.75) is 19.4 Å². The third-order valence-electron chi connectivity index (χ3n) is 0.716. The van der Waals surface area contributed by atoms with Gasteiger partial charge in [0.2, 0.25) is 0 Å². The first kappa shape index (κ1) is 8.17. The lowest BCUT2D eigenvalue weighted by Gasteiger charge is -2.13. The molecular weight excluding hydrogens is 118 g/mol. The molecule has 3 heteroatoms. The highest BCUT2D eigenvalue weighted by Crippen LogP contribution is 1.98. The fourth-order valence-corrected chi connectivity index (χ4v) is 0.228. The molecule has 3 nitrogen and oxygen atoms in total. The molecule has 0 bridgehead atoms. The van der Waals surface area contributed by atoms with Gasteiger partial charge in [-0.15, -0.1) is 0 Å². The van der Waals surface area contributed by atoms with Gasteiger partial charge in [0.25, 0.3) is 0 Å². The van der Waals surface area contributed by atoms with Crippen molar-refractivity contribution in [1.29, 1.82) is 0 Å². The van der Waals surface area contributed by atoms with E-state index in [4.69, 9.17) is 5.73 Å². The van der Waals surface area contributed by atoms with Crippen LogP contribution in [0.1, 0.15) is 13.8 Å². The monoisotopic (exact) mass is 129 g/mol. The normalized spacial score (nSPS) is 10.6. The van der Waals surface area contributed by atoms with Crippen molar-refractivity contribution < 1.29 is 9.53 Å². The Morgan fingerprint density at radius 3 is 2.33 bits per heavy atom. The molecule has 52 valence electrons. The van der Waals surface area contributed by atoms with Crippen molar-refractivity contribution >= 4 is 5.97 Å². The summed E-state index contributed by atoms with van der Waals surface area (Å²) in [6.45, 7) is 6.35. The van der Waals surface area contributed by atoms with E-state index in [9.17, 15) is 4.79 Å². The molecule has 0 amide bonds. The van der Waals surface area contributed by atoms with Crippen LogP contribution in [0, 0.1) is 0 Å². The van der Waals surface area contributed by atoms with Crippen LogP contribution in [0.3, 0.4) is 0 Å². The first-order valence-electron chi connectivity index (χ1n) is 2.59. The average molecular weight is 129 g/mol. The van der Waals surface area contributed by atoms with Crippen LogP contribution in [0.25, 0.3) is 0 Å². The molecule has 0 aliphatic carbocycles. The Kier molecular flexibility index (Phi) is 2.40. The van der Waals surface area contributed by atoms with Gasteiger partial charge in [-0.25, -0.2) is 4.79 Å². The molecule has 2 N–H and O–H groups in total. The highest BCUT2D eigenvalue weighted by atomic mass is 16.5. The Hall–Kier alpha value is -0.830. The Bertz CT molecular complexity index is 124. The molecule has 0 aromatic heterocycles. The number of hydrogen-bond acceptors (Lipinski definition) is 3. The Morgan fingerprint density at radius 1 is 1.78 bits per heavy atom. The van der Waals surface area contributed by atoms with Gasteiger partial charge in [0.15, 0.2) is 0 Å². The van der Waals surface area contributed by atoms with Crippen molar-refractivity contribution in [2.24, 2.45) is 5.73 Å². The van der Waals surface area contributed by atoms with E-state index in [2.05, 4.69) is 11.3 Å². The van der Waals surface area contributed by atoms with E-state index >= 15 is 0 Å². The van der Waals surface area contributed by atoms with Gasteiger partial charge in [0, 0.05) is 0 Å². The van der Waals surface area contributed by atoms with Crippen LogP contribution < -0.4 is 5.73 Å². The Morgan fingerprint density at radius 2 is 2.22 bits per heavy atom. The van der Waals surface area contributed by atoms with Crippen molar-refractivity contribution in [3.8, 4) is 0 Å². The average Bonchev–Trinajstić information content (AvgIpc) is 1.64. The fraction of sp³-hybridized carbons (Fsp3) is 0.500. The zero-order valence-corrected chi connectivity index (χ0v) is 5.68. The summed E-state index contributed by atoms with van der Waals surface area (Å²) >= 11 is 0. The molecule has 0 rings (SSSR count). The van der Waals surface area contributed by atoms with Crippen LogP contribution in [0.2, 0.25) is 0 Å². The molecule has 0 aromatic rings. The minimum Gasteiger partial charge on any atom is -0.434 e. The number of ether oxygens (including phenoxy) is 1. The lowest BCUT2D eigenvalue weighted by Crippen LogP contribution is -2.42. The second-order valence-electron chi connectivity index (χ2n) is 2.29. The molecule has 0 heterocycles. The summed E-state index contributed by atoms with van der Waals surface area (Å²) in [6, 6.07) is 0. The number of rotatable bonds is 2. The minimum absolute atomic E-state index is 0.475. The van der Waals surface area contributed by atoms with Crippen LogP contribution in [0.4, 0.5) is 0 Å². The zero-order valence-electron chi connectivity index (χ0n) is 5.68. The number of nitrogens with two attached hydrogens (primary N) is 1. The molecule has 0 atom stereocenters. The first-order valence-corrected chi connectivity index (χ1v) is 2.59. The van der Waals surface area contributed by atoms with Gasteiger partial charge < -0.3 is 10.5 Å². The number of carbonyl (C=O) groups excluding carboxylic acids is 1. The second-order valence-corrected chi connectivity index (χ2v) is 2.29. The van der Waals surface area contributed by atoms with Gasteiger partial charge >= 0.3 is 5.97 Å².